The van der Waals surface area contributed by atoms with Gasteiger partial charge < -0.3 is 9.31 Å². The molecule has 0 radical (unpaired) electrons. The maximum Gasteiger partial charge on any atom is 0.505 e. The number of primary sulfonamides is 1. The molecule has 100 valence electrons. The lowest BCUT2D eigenvalue weighted by atomic mass is 9.88. The van der Waals surface area contributed by atoms with Crippen LogP contribution in [0.1, 0.15) is 27.7 Å². The molecule has 2 rings (SSSR count). The lowest BCUT2D eigenvalue weighted by molar-refractivity contribution is 0.00578. The molecule has 1 aromatic rings. The fourth-order valence-corrected chi connectivity index (χ4v) is 3.28. The van der Waals surface area contributed by atoms with Crippen LogP contribution in [0.3, 0.4) is 0 Å². The molecule has 5 nitrogen and oxygen atoms in total. The lowest BCUT2D eigenvalue weighted by Crippen LogP contribution is -2.41. The van der Waals surface area contributed by atoms with E-state index in [1.54, 1.807) is 6.07 Å². The molecule has 0 atom stereocenters. The molecule has 1 aliphatic rings. The first-order valence-corrected chi connectivity index (χ1v) is 7.87. The average molecular weight is 289 g/mol. The van der Waals surface area contributed by atoms with E-state index >= 15 is 0 Å². The molecule has 1 aromatic heterocycles. The van der Waals surface area contributed by atoms with Crippen molar-refractivity contribution in [3.63, 3.8) is 0 Å². The Bertz CT molecular complexity index is 548. The van der Waals surface area contributed by atoms with Crippen molar-refractivity contribution in [1.82, 2.24) is 0 Å². The maximum atomic E-state index is 11.2. The van der Waals surface area contributed by atoms with E-state index in [1.807, 2.05) is 27.7 Å². The third-order valence-corrected chi connectivity index (χ3v) is 5.91. The van der Waals surface area contributed by atoms with Gasteiger partial charge in [0.05, 0.1) is 11.2 Å². The number of hydrogen-bond acceptors (Lipinski definition) is 5. The molecule has 1 aliphatic heterocycles. The largest absolute Gasteiger partial charge is 0.505 e. The number of thiophene rings is 1. The number of sulfonamides is 1. The van der Waals surface area contributed by atoms with Gasteiger partial charge in [0.25, 0.3) is 0 Å². The first kappa shape index (κ1) is 14.0. The predicted octanol–water partition coefficient (Wildman–Crippen LogP) is 0.695. The molecule has 0 spiro atoms. The van der Waals surface area contributed by atoms with Gasteiger partial charge in [-0.05, 0) is 33.8 Å². The average Bonchev–Trinajstić information content (AvgIpc) is 2.69. The smallest absolute Gasteiger partial charge is 0.399 e. The van der Waals surface area contributed by atoms with Crippen LogP contribution in [-0.4, -0.2) is 26.7 Å². The van der Waals surface area contributed by atoms with Crippen LogP contribution in [0.15, 0.2) is 16.3 Å². The minimum atomic E-state index is -3.66. The highest BCUT2D eigenvalue weighted by Crippen LogP contribution is 2.37. The number of nitrogens with two attached hydrogens (primary N) is 1. The van der Waals surface area contributed by atoms with E-state index in [2.05, 4.69) is 0 Å². The minimum absolute atomic E-state index is 0.118. The molecule has 2 heterocycles. The van der Waals surface area contributed by atoms with Gasteiger partial charge in [-0.25, -0.2) is 13.6 Å². The summed E-state index contributed by atoms with van der Waals surface area (Å²) in [6, 6.07) is 3.15. The summed E-state index contributed by atoms with van der Waals surface area (Å²) in [7, 11) is -4.21. The highest BCUT2D eigenvalue weighted by atomic mass is 32.2. The van der Waals surface area contributed by atoms with Gasteiger partial charge in [-0.1, -0.05) is 6.07 Å². The molecular formula is C10H16BNO4S2. The lowest BCUT2D eigenvalue weighted by Gasteiger charge is -2.32. The Hall–Kier alpha value is -0.405. The summed E-state index contributed by atoms with van der Waals surface area (Å²) in [5.41, 5.74) is -0.882. The number of hydrogen-bond donors (Lipinski definition) is 1. The van der Waals surface area contributed by atoms with E-state index in [0.29, 0.717) is 4.78 Å². The topological polar surface area (TPSA) is 78.6 Å². The molecule has 0 saturated carbocycles. The quantitative estimate of drug-likeness (QED) is 0.813. The molecule has 2 N–H and O–H groups in total. The van der Waals surface area contributed by atoms with Crippen molar-refractivity contribution >= 4 is 33.3 Å². The van der Waals surface area contributed by atoms with Gasteiger partial charge in [-0.3, -0.25) is 0 Å². The third kappa shape index (κ3) is 2.35. The van der Waals surface area contributed by atoms with Crippen molar-refractivity contribution < 1.29 is 17.7 Å². The Morgan fingerprint density at radius 3 is 2.06 bits per heavy atom. The molecule has 8 heteroatoms. The van der Waals surface area contributed by atoms with E-state index in [1.165, 1.54) is 6.07 Å². The van der Waals surface area contributed by atoms with Crippen LogP contribution >= 0.6 is 11.3 Å². The van der Waals surface area contributed by atoms with Crippen LogP contribution in [-0.2, 0) is 19.3 Å². The molecular weight excluding hydrogens is 273 g/mol. The van der Waals surface area contributed by atoms with Gasteiger partial charge in [0, 0.05) is 4.78 Å². The van der Waals surface area contributed by atoms with Gasteiger partial charge in [0.2, 0.25) is 10.0 Å². The Balaban J connectivity index is 2.28. The molecule has 0 bridgehead atoms. The summed E-state index contributed by atoms with van der Waals surface area (Å²) in [6.07, 6.45) is 0. The van der Waals surface area contributed by atoms with Crippen LogP contribution in [0.2, 0.25) is 0 Å². The third-order valence-electron chi connectivity index (χ3n) is 3.37. The standard InChI is InChI=1S/C10H16BNO4S2/c1-9(2)10(3,4)16-11(15-9)7-5-6-8(17-7)18(12,13)14/h5-6H,1-4H3,(H2,12,13,14). The van der Waals surface area contributed by atoms with E-state index in [0.717, 1.165) is 11.3 Å². The SMILES string of the molecule is CC1(C)OB(c2ccc(S(N)(=O)=O)s2)OC1(C)C. The van der Waals surface area contributed by atoms with Crippen molar-refractivity contribution in [2.45, 2.75) is 43.1 Å². The minimum Gasteiger partial charge on any atom is -0.399 e. The van der Waals surface area contributed by atoms with Crippen molar-refractivity contribution in [1.29, 1.82) is 0 Å². The van der Waals surface area contributed by atoms with Crippen LogP contribution in [0.4, 0.5) is 0 Å². The maximum absolute atomic E-state index is 11.2. The summed E-state index contributed by atoms with van der Waals surface area (Å²) >= 11 is 1.08. The monoisotopic (exact) mass is 289 g/mol. The zero-order chi connectivity index (χ0) is 13.8. The van der Waals surface area contributed by atoms with Gasteiger partial charge >= 0.3 is 7.12 Å². The summed E-state index contributed by atoms with van der Waals surface area (Å²) in [4.78, 5) is 0. The van der Waals surface area contributed by atoms with Crippen molar-refractivity contribution in [3.8, 4) is 0 Å². The predicted molar refractivity (Wildman–Crippen MR) is 71.4 cm³/mol. The van der Waals surface area contributed by atoms with Crippen LogP contribution in [0, 0.1) is 0 Å². The second kappa shape index (κ2) is 4.04. The van der Waals surface area contributed by atoms with Crippen molar-refractivity contribution in [2.24, 2.45) is 5.14 Å². The van der Waals surface area contributed by atoms with E-state index in [9.17, 15) is 8.42 Å². The summed E-state index contributed by atoms with van der Waals surface area (Å²) in [5, 5.41) is 5.08. The first-order valence-electron chi connectivity index (χ1n) is 5.51. The molecule has 1 saturated heterocycles. The van der Waals surface area contributed by atoms with Crippen molar-refractivity contribution in [2.75, 3.05) is 0 Å². The molecule has 0 unspecified atom stereocenters. The number of rotatable bonds is 2. The molecule has 18 heavy (non-hydrogen) atoms. The molecule has 1 fully saturated rings. The molecule has 0 aromatic carbocycles. The summed E-state index contributed by atoms with van der Waals surface area (Å²) in [6.45, 7) is 7.78. The summed E-state index contributed by atoms with van der Waals surface area (Å²) < 4.78 is 34.9. The second-order valence-corrected chi connectivity index (χ2v) is 8.19. The fourth-order valence-electron chi connectivity index (χ4n) is 1.57. The highest BCUT2D eigenvalue weighted by molar-refractivity contribution is 7.91. The Morgan fingerprint density at radius 2 is 1.67 bits per heavy atom. The zero-order valence-corrected chi connectivity index (χ0v) is 12.4. The van der Waals surface area contributed by atoms with Gasteiger partial charge in [-0.2, -0.15) is 0 Å². The zero-order valence-electron chi connectivity index (χ0n) is 10.8. The normalized spacial score (nSPS) is 22.4. The highest BCUT2D eigenvalue weighted by Gasteiger charge is 2.52. The summed E-state index contributed by atoms with van der Waals surface area (Å²) in [5.74, 6) is 0. The molecule has 0 aliphatic carbocycles. The van der Waals surface area contributed by atoms with Crippen molar-refractivity contribution in [3.05, 3.63) is 12.1 Å². The molecule has 0 amide bonds. The van der Waals surface area contributed by atoms with Crippen LogP contribution < -0.4 is 9.92 Å². The Kier molecular flexibility index (Phi) is 3.15. The second-order valence-electron chi connectivity index (χ2n) is 5.29. The Morgan fingerprint density at radius 1 is 1.17 bits per heavy atom. The Labute approximate surface area is 111 Å². The van der Waals surface area contributed by atoms with Gasteiger partial charge in [0.15, 0.2) is 0 Å². The van der Waals surface area contributed by atoms with Crippen LogP contribution in [0.5, 0.6) is 0 Å². The van der Waals surface area contributed by atoms with E-state index in [-0.39, 0.29) is 4.21 Å². The van der Waals surface area contributed by atoms with E-state index < -0.39 is 28.3 Å². The van der Waals surface area contributed by atoms with Crippen LogP contribution in [0.25, 0.3) is 0 Å². The van der Waals surface area contributed by atoms with Gasteiger partial charge in [0.1, 0.15) is 4.21 Å². The first-order chi connectivity index (χ1) is 8.03. The fraction of sp³-hybridized carbons (Fsp3) is 0.600. The van der Waals surface area contributed by atoms with Gasteiger partial charge in [-0.15, -0.1) is 11.3 Å². The van der Waals surface area contributed by atoms with E-state index in [4.69, 9.17) is 14.4 Å².